The summed E-state index contributed by atoms with van der Waals surface area (Å²) in [5, 5.41) is 0. The van der Waals surface area contributed by atoms with Crippen LogP contribution in [-0.2, 0) is 0 Å². The average molecular weight is 320 g/mol. The van der Waals surface area contributed by atoms with Gasteiger partial charge >= 0.3 is 0 Å². The van der Waals surface area contributed by atoms with Crippen LogP contribution in [0.15, 0.2) is 66.7 Å². The maximum absolute atomic E-state index is 14.6. The predicted molar refractivity (Wildman–Crippen MR) is 101 cm³/mol. The summed E-state index contributed by atoms with van der Waals surface area (Å²) in [4.78, 5) is 0. The second kappa shape index (κ2) is 7.56. The highest BCUT2D eigenvalue weighted by atomic mass is 19.1. The van der Waals surface area contributed by atoms with Crippen molar-refractivity contribution in [1.29, 1.82) is 0 Å². The Morgan fingerprint density at radius 3 is 1.92 bits per heavy atom. The normalized spacial score (nSPS) is 9.52. The minimum absolute atomic E-state index is 0.326. The molecule has 0 aromatic heterocycles. The molecule has 0 nitrogen and oxygen atoms in total. The van der Waals surface area contributed by atoms with Crippen molar-refractivity contribution in [3.8, 4) is 23.7 Å². The van der Waals surface area contributed by atoms with Crippen LogP contribution in [0.2, 0.25) is 0 Å². The summed E-state index contributed by atoms with van der Waals surface area (Å²) in [5.74, 6) is 11.6. The monoisotopic (exact) mass is 320 g/mol. The first-order valence-corrected chi connectivity index (χ1v) is 7.87. The molecule has 116 valence electrons. The lowest BCUT2D eigenvalue weighted by Gasteiger charge is -2.02. The molecule has 0 spiro atoms. The summed E-state index contributed by atoms with van der Waals surface area (Å²) >= 11 is 0. The van der Waals surface area contributed by atoms with Crippen molar-refractivity contribution < 1.29 is 4.39 Å². The first-order valence-electron chi connectivity index (χ1n) is 7.87. The van der Waals surface area contributed by atoms with Crippen LogP contribution in [-0.4, -0.2) is 7.85 Å². The quantitative estimate of drug-likeness (QED) is 0.437. The highest BCUT2D eigenvalue weighted by Gasteiger charge is 2.06. The van der Waals surface area contributed by atoms with Crippen molar-refractivity contribution in [3.05, 3.63) is 100 Å². The molecule has 0 aliphatic heterocycles. The molecule has 0 unspecified atom stereocenters. The van der Waals surface area contributed by atoms with E-state index in [0.29, 0.717) is 22.2 Å². The van der Waals surface area contributed by atoms with Crippen molar-refractivity contribution in [1.82, 2.24) is 0 Å². The molecule has 0 aliphatic carbocycles. The first kappa shape index (κ1) is 16.6. The standard InChI is InChI=1S/C23H14BF/c1-17-20(11-7-19-9-15-22(24)16-10-19)13-14-21(23(17)25)12-8-18-5-3-2-4-6-18/h2-6,9-10,13-16H,1H3. The van der Waals surface area contributed by atoms with E-state index < -0.39 is 0 Å². The summed E-state index contributed by atoms with van der Waals surface area (Å²) < 4.78 is 14.6. The molecule has 0 saturated carbocycles. The highest BCUT2D eigenvalue weighted by molar-refractivity contribution is 6.32. The van der Waals surface area contributed by atoms with E-state index in [1.54, 1.807) is 31.2 Å². The van der Waals surface area contributed by atoms with E-state index >= 15 is 0 Å². The highest BCUT2D eigenvalue weighted by Crippen LogP contribution is 2.16. The maximum atomic E-state index is 14.6. The second-order valence-corrected chi connectivity index (χ2v) is 5.59. The van der Waals surface area contributed by atoms with E-state index in [1.807, 2.05) is 42.5 Å². The molecular formula is C23H14BF. The summed E-state index contributed by atoms with van der Waals surface area (Å²) in [6.45, 7) is 1.72. The molecule has 3 aromatic rings. The summed E-state index contributed by atoms with van der Waals surface area (Å²) in [7, 11) is 5.65. The van der Waals surface area contributed by atoms with Gasteiger partial charge in [-0.25, -0.2) is 4.39 Å². The van der Waals surface area contributed by atoms with Gasteiger partial charge in [-0.1, -0.05) is 59.5 Å². The molecule has 25 heavy (non-hydrogen) atoms. The third kappa shape index (κ3) is 4.20. The largest absolute Gasteiger partial charge is 0.205 e. The summed E-state index contributed by atoms with van der Waals surface area (Å²) in [6.07, 6.45) is 0. The van der Waals surface area contributed by atoms with E-state index in [1.165, 1.54) is 0 Å². The molecule has 0 aliphatic rings. The number of rotatable bonds is 0. The van der Waals surface area contributed by atoms with E-state index in [0.717, 1.165) is 11.1 Å². The lowest BCUT2D eigenvalue weighted by Crippen LogP contribution is -1.99. The maximum Gasteiger partial charge on any atom is 0.142 e. The Morgan fingerprint density at radius 2 is 1.24 bits per heavy atom. The first-order chi connectivity index (χ1) is 12.1. The van der Waals surface area contributed by atoms with E-state index in [9.17, 15) is 4.39 Å². The van der Waals surface area contributed by atoms with Gasteiger partial charge in [0.15, 0.2) is 0 Å². The van der Waals surface area contributed by atoms with Crippen LogP contribution in [0.5, 0.6) is 0 Å². The van der Waals surface area contributed by atoms with Crippen molar-refractivity contribution in [2.75, 3.05) is 0 Å². The van der Waals surface area contributed by atoms with Gasteiger partial charge in [-0.2, -0.15) is 0 Å². The lowest BCUT2D eigenvalue weighted by atomic mass is 9.95. The Morgan fingerprint density at radius 1 is 0.680 bits per heavy atom. The van der Waals surface area contributed by atoms with Gasteiger partial charge in [0, 0.05) is 22.3 Å². The SMILES string of the molecule is [B]c1ccc(C#Cc2ccc(C#Cc3ccccc3)c(F)c2C)cc1. The van der Waals surface area contributed by atoms with E-state index in [-0.39, 0.29) is 5.82 Å². The third-order valence-corrected chi connectivity index (χ3v) is 3.75. The van der Waals surface area contributed by atoms with Gasteiger partial charge < -0.3 is 0 Å². The Bertz CT molecular complexity index is 1010. The van der Waals surface area contributed by atoms with Crippen LogP contribution in [0.4, 0.5) is 4.39 Å². The molecular weight excluding hydrogens is 306 g/mol. The van der Waals surface area contributed by atoms with Gasteiger partial charge in [-0.15, -0.1) is 0 Å². The number of benzene rings is 3. The van der Waals surface area contributed by atoms with Crippen molar-refractivity contribution in [3.63, 3.8) is 0 Å². The zero-order valence-corrected chi connectivity index (χ0v) is 13.8. The Labute approximate surface area is 149 Å². The molecule has 0 N–H and O–H groups in total. The van der Waals surface area contributed by atoms with Crippen LogP contribution in [0.25, 0.3) is 0 Å². The fourth-order valence-electron chi connectivity index (χ4n) is 2.28. The molecule has 0 fully saturated rings. The van der Waals surface area contributed by atoms with Gasteiger partial charge in [0.25, 0.3) is 0 Å². The van der Waals surface area contributed by atoms with Crippen molar-refractivity contribution in [2.45, 2.75) is 6.92 Å². The number of halogens is 1. The predicted octanol–water partition coefficient (Wildman–Crippen LogP) is 3.73. The van der Waals surface area contributed by atoms with Crippen LogP contribution in [0.3, 0.4) is 0 Å². The van der Waals surface area contributed by atoms with Crippen LogP contribution in [0, 0.1) is 36.4 Å². The molecule has 2 radical (unpaired) electrons. The van der Waals surface area contributed by atoms with Gasteiger partial charge in [-0.3, -0.25) is 0 Å². The summed E-state index contributed by atoms with van der Waals surface area (Å²) in [5.41, 5.74) is 3.91. The summed E-state index contributed by atoms with van der Waals surface area (Å²) in [6, 6.07) is 20.3. The van der Waals surface area contributed by atoms with Crippen LogP contribution < -0.4 is 5.46 Å². The van der Waals surface area contributed by atoms with Crippen LogP contribution in [0.1, 0.15) is 27.8 Å². The van der Waals surface area contributed by atoms with E-state index in [4.69, 9.17) is 7.85 Å². The molecule has 2 heteroatoms. The number of hydrogen-bond donors (Lipinski definition) is 0. The number of hydrogen-bond acceptors (Lipinski definition) is 0. The molecule has 0 bridgehead atoms. The molecule has 0 amide bonds. The van der Waals surface area contributed by atoms with E-state index in [2.05, 4.69) is 23.7 Å². The van der Waals surface area contributed by atoms with Gasteiger partial charge in [0.2, 0.25) is 0 Å². The second-order valence-electron chi connectivity index (χ2n) is 5.59. The fourth-order valence-corrected chi connectivity index (χ4v) is 2.28. The van der Waals surface area contributed by atoms with Crippen LogP contribution >= 0.6 is 0 Å². The Kier molecular flexibility index (Phi) is 5.03. The minimum Gasteiger partial charge on any atom is -0.205 e. The molecule has 0 atom stereocenters. The smallest absolute Gasteiger partial charge is 0.142 e. The minimum atomic E-state index is -0.326. The average Bonchev–Trinajstić information content (AvgIpc) is 2.64. The van der Waals surface area contributed by atoms with Gasteiger partial charge in [0.1, 0.15) is 13.7 Å². The molecule has 3 rings (SSSR count). The molecule has 3 aromatic carbocycles. The Balaban J connectivity index is 1.89. The van der Waals surface area contributed by atoms with Crippen molar-refractivity contribution >= 4 is 13.3 Å². The third-order valence-electron chi connectivity index (χ3n) is 3.75. The topological polar surface area (TPSA) is 0 Å². The van der Waals surface area contributed by atoms with Gasteiger partial charge in [-0.05, 0) is 43.3 Å². The zero-order valence-electron chi connectivity index (χ0n) is 13.8. The Hall–Kier alpha value is -3.23. The van der Waals surface area contributed by atoms with Gasteiger partial charge in [0.05, 0.1) is 5.56 Å². The fraction of sp³-hybridized carbons (Fsp3) is 0.0435. The lowest BCUT2D eigenvalue weighted by molar-refractivity contribution is 0.614. The molecule has 0 saturated heterocycles. The molecule has 0 heterocycles. The zero-order chi connectivity index (χ0) is 17.6. The van der Waals surface area contributed by atoms with Crippen molar-refractivity contribution in [2.24, 2.45) is 0 Å².